The first-order valence-electron chi connectivity index (χ1n) is 6.34. The predicted molar refractivity (Wildman–Crippen MR) is 59.8 cm³/mol. The zero-order valence-corrected chi connectivity index (χ0v) is 10.0. The Balaban J connectivity index is 1.76. The van der Waals surface area contributed by atoms with Crippen molar-refractivity contribution in [2.24, 2.45) is 0 Å². The first kappa shape index (κ1) is 10.5. The van der Waals surface area contributed by atoms with E-state index in [0.29, 0.717) is 11.9 Å². The van der Waals surface area contributed by atoms with E-state index in [1.807, 2.05) is 0 Å². The molecule has 0 aromatic carbocycles. The Hall–Kier alpha value is -0.610. The van der Waals surface area contributed by atoms with Crippen molar-refractivity contribution in [1.29, 1.82) is 0 Å². The van der Waals surface area contributed by atoms with Gasteiger partial charge in [-0.1, -0.05) is 0 Å². The Morgan fingerprint density at radius 3 is 2.75 bits per heavy atom. The molecule has 0 aromatic rings. The van der Waals surface area contributed by atoms with E-state index in [9.17, 15) is 4.79 Å². The summed E-state index contributed by atoms with van der Waals surface area (Å²) in [5.74, 6) is 0.333. The molecule has 16 heavy (non-hydrogen) atoms. The number of rotatable bonds is 1. The Kier molecular flexibility index (Phi) is 2.27. The number of nitrogens with zero attached hydrogens (tertiary/aromatic N) is 1. The number of ether oxygens (including phenoxy) is 1. The molecule has 0 aromatic heterocycles. The summed E-state index contributed by atoms with van der Waals surface area (Å²) in [5, 5.41) is 3.45. The van der Waals surface area contributed by atoms with Crippen molar-refractivity contribution in [3.05, 3.63) is 0 Å². The molecule has 1 N–H and O–H groups in total. The molecule has 1 amide bonds. The molecule has 3 fully saturated rings. The van der Waals surface area contributed by atoms with Crippen LogP contribution in [0.5, 0.6) is 0 Å². The molecule has 2 heterocycles. The van der Waals surface area contributed by atoms with Crippen LogP contribution in [0, 0.1) is 0 Å². The minimum atomic E-state index is -0.166. The SMILES string of the molecule is CC1CC(N2C(=O)C3(CC3)NC2C)CCO1. The molecular formula is C12H20N2O2. The third-order valence-corrected chi connectivity index (χ3v) is 4.15. The van der Waals surface area contributed by atoms with Gasteiger partial charge in [-0.25, -0.2) is 0 Å². The van der Waals surface area contributed by atoms with Crippen LogP contribution in [0.3, 0.4) is 0 Å². The van der Waals surface area contributed by atoms with Crippen molar-refractivity contribution in [3.63, 3.8) is 0 Å². The molecule has 2 aliphatic heterocycles. The van der Waals surface area contributed by atoms with Gasteiger partial charge in [-0.2, -0.15) is 0 Å². The fourth-order valence-corrected chi connectivity index (χ4v) is 3.15. The second-order valence-corrected chi connectivity index (χ2v) is 5.47. The van der Waals surface area contributed by atoms with E-state index in [1.165, 1.54) is 0 Å². The third-order valence-electron chi connectivity index (χ3n) is 4.15. The fourth-order valence-electron chi connectivity index (χ4n) is 3.15. The van der Waals surface area contributed by atoms with E-state index in [0.717, 1.165) is 32.3 Å². The summed E-state index contributed by atoms with van der Waals surface area (Å²) in [4.78, 5) is 14.4. The van der Waals surface area contributed by atoms with Gasteiger partial charge in [0.15, 0.2) is 0 Å². The Morgan fingerprint density at radius 1 is 1.44 bits per heavy atom. The van der Waals surface area contributed by atoms with Gasteiger partial charge in [-0.3, -0.25) is 10.1 Å². The average Bonchev–Trinajstić information content (AvgIpc) is 2.94. The van der Waals surface area contributed by atoms with Gasteiger partial charge in [-0.15, -0.1) is 0 Å². The molecule has 1 saturated carbocycles. The molecule has 1 aliphatic carbocycles. The lowest BCUT2D eigenvalue weighted by atomic mass is 10.0. The minimum absolute atomic E-state index is 0.166. The van der Waals surface area contributed by atoms with Gasteiger partial charge in [-0.05, 0) is 39.5 Å². The largest absolute Gasteiger partial charge is 0.378 e. The summed E-state index contributed by atoms with van der Waals surface area (Å²) in [5.41, 5.74) is -0.166. The summed E-state index contributed by atoms with van der Waals surface area (Å²) >= 11 is 0. The van der Waals surface area contributed by atoms with Crippen LogP contribution >= 0.6 is 0 Å². The van der Waals surface area contributed by atoms with Crippen LogP contribution in [0.25, 0.3) is 0 Å². The lowest BCUT2D eigenvalue weighted by Crippen LogP contribution is -2.47. The van der Waals surface area contributed by atoms with E-state index < -0.39 is 0 Å². The summed E-state index contributed by atoms with van der Waals surface area (Å²) in [6.07, 6.45) is 4.49. The number of hydrogen-bond acceptors (Lipinski definition) is 3. The first-order chi connectivity index (χ1) is 7.62. The van der Waals surface area contributed by atoms with Crippen molar-refractivity contribution < 1.29 is 9.53 Å². The fraction of sp³-hybridized carbons (Fsp3) is 0.917. The summed E-state index contributed by atoms with van der Waals surface area (Å²) in [6.45, 7) is 4.98. The smallest absolute Gasteiger partial charge is 0.244 e. The number of amides is 1. The normalized spacial score (nSPS) is 41.8. The Morgan fingerprint density at radius 2 is 2.19 bits per heavy atom. The number of carbonyl (C=O) groups is 1. The van der Waals surface area contributed by atoms with E-state index in [-0.39, 0.29) is 17.8 Å². The second kappa shape index (κ2) is 3.44. The van der Waals surface area contributed by atoms with Crippen molar-refractivity contribution in [2.45, 2.75) is 63.4 Å². The zero-order valence-electron chi connectivity index (χ0n) is 10.0. The molecule has 3 unspecified atom stereocenters. The number of carbonyl (C=O) groups excluding carboxylic acids is 1. The maximum Gasteiger partial charge on any atom is 0.244 e. The lowest BCUT2D eigenvalue weighted by molar-refractivity contribution is -0.135. The van der Waals surface area contributed by atoms with Crippen LogP contribution in [0.4, 0.5) is 0 Å². The molecule has 4 heteroatoms. The molecule has 2 saturated heterocycles. The highest BCUT2D eigenvalue weighted by atomic mass is 16.5. The standard InChI is InChI=1S/C12H20N2O2/c1-8-7-10(3-6-16-8)14-9(2)13-12(4-5-12)11(14)15/h8-10,13H,3-7H2,1-2H3. The van der Waals surface area contributed by atoms with Gasteiger partial charge < -0.3 is 9.64 Å². The third kappa shape index (κ3) is 1.47. The van der Waals surface area contributed by atoms with Crippen LogP contribution in [0.15, 0.2) is 0 Å². The lowest BCUT2D eigenvalue weighted by Gasteiger charge is -2.36. The maximum atomic E-state index is 12.3. The molecule has 90 valence electrons. The summed E-state index contributed by atoms with van der Waals surface area (Å²) < 4.78 is 5.55. The highest BCUT2D eigenvalue weighted by Crippen LogP contribution is 2.43. The summed E-state index contributed by atoms with van der Waals surface area (Å²) in [7, 11) is 0. The van der Waals surface area contributed by atoms with Gasteiger partial charge in [0.25, 0.3) is 0 Å². The van der Waals surface area contributed by atoms with Gasteiger partial charge in [0.2, 0.25) is 5.91 Å². The van der Waals surface area contributed by atoms with Crippen LogP contribution in [-0.2, 0) is 9.53 Å². The zero-order chi connectivity index (χ0) is 11.3. The number of hydrogen-bond donors (Lipinski definition) is 1. The van der Waals surface area contributed by atoms with E-state index in [1.54, 1.807) is 0 Å². The maximum absolute atomic E-state index is 12.3. The van der Waals surface area contributed by atoms with Crippen LogP contribution in [-0.4, -0.2) is 41.3 Å². The van der Waals surface area contributed by atoms with Gasteiger partial charge in [0, 0.05) is 12.6 Å². The van der Waals surface area contributed by atoms with Crippen molar-refractivity contribution in [3.8, 4) is 0 Å². The van der Waals surface area contributed by atoms with E-state index in [2.05, 4.69) is 24.1 Å². The quantitative estimate of drug-likeness (QED) is 0.718. The van der Waals surface area contributed by atoms with Crippen LogP contribution < -0.4 is 5.32 Å². The average molecular weight is 224 g/mol. The second-order valence-electron chi connectivity index (χ2n) is 5.47. The molecule has 3 aliphatic rings. The molecular weight excluding hydrogens is 204 g/mol. The highest BCUT2D eigenvalue weighted by Gasteiger charge is 2.59. The van der Waals surface area contributed by atoms with Crippen molar-refractivity contribution >= 4 is 5.91 Å². The highest BCUT2D eigenvalue weighted by molar-refractivity contribution is 5.92. The molecule has 0 radical (unpaired) electrons. The van der Waals surface area contributed by atoms with E-state index >= 15 is 0 Å². The topological polar surface area (TPSA) is 41.6 Å². The van der Waals surface area contributed by atoms with E-state index in [4.69, 9.17) is 4.74 Å². The van der Waals surface area contributed by atoms with Crippen molar-refractivity contribution in [1.82, 2.24) is 10.2 Å². The molecule has 3 atom stereocenters. The molecule has 0 bridgehead atoms. The number of nitrogens with one attached hydrogen (secondary N) is 1. The molecule has 3 rings (SSSR count). The van der Waals surface area contributed by atoms with Crippen LogP contribution in [0.2, 0.25) is 0 Å². The summed E-state index contributed by atoms with van der Waals surface area (Å²) in [6, 6.07) is 0.374. The molecule has 4 nitrogen and oxygen atoms in total. The monoisotopic (exact) mass is 224 g/mol. The Labute approximate surface area is 96.3 Å². The van der Waals surface area contributed by atoms with Gasteiger partial charge >= 0.3 is 0 Å². The molecule has 1 spiro atoms. The van der Waals surface area contributed by atoms with Crippen molar-refractivity contribution in [2.75, 3.05) is 6.61 Å². The minimum Gasteiger partial charge on any atom is -0.378 e. The van der Waals surface area contributed by atoms with Gasteiger partial charge in [0.1, 0.15) is 0 Å². The van der Waals surface area contributed by atoms with Crippen LogP contribution in [0.1, 0.15) is 39.5 Å². The first-order valence-corrected chi connectivity index (χ1v) is 6.34. The predicted octanol–water partition coefficient (Wildman–Crippen LogP) is 0.864. The Bertz CT molecular complexity index is 314. The van der Waals surface area contributed by atoms with Gasteiger partial charge in [0.05, 0.1) is 17.8 Å².